The number of aromatic nitrogens is 3. The molecule has 2 aromatic heterocycles. The molecule has 10 aromatic rings. The van der Waals surface area contributed by atoms with Crippen LogP contribution in [0.25, 0.3) is 99.6 Å². The van der Waals surface area contributed by atoms with Gasteiger partial charge in [-0.2, -0.15) is 5.26 Å². The minimum absolute atomic E-state index is 0.538. The first-order valence-electron chi connectivity index (χ1n) is 20.7. The van der Waals surface area contributed by atoms with Gasteiger partial charge in [0, 0.05) is 38.6 Å². The molecule has 0 radical (unpaired) electrons. The molecule has 0 aliphatic rings. The Hall–Kier alpha value is -8.38. The number of aryl methyl sites for hydroxylation is 3. The van der Waals surface area contributed by atoms with Gasteiger partial charge in [0.1, 0.15) is 0 Å². The van der Waals surface area contributed by atoms with Crippen LogP contribution >= 0.6 is 0 Å². The molecule has 0 fully saturated rings. The van der Waals surface area contributed by atoms with Crippen molar-refractivity contribution in [2.75, 3.05) is 0 Å². The molecular weight excluding hydrogens is 755 g/mol. The van der Waals surface area contributed by atoms with Crippen LogP contribution in [0.1, 0.15) is 22.3 Å². The van der Waals surface area contributed by atoms with Crippen LogP contribution in [0.4, 0.5) is 5.69 Å². The molecule has 0 amide bonds. The summed E-state index contributed by atoms with van der Waals surface area (Å²) in [6, 6.07) is 64.6. The minimum Gasteiger partial charge on any atom is -0.308 e. The Balaban J connectivity index is 1.33. The number of para-hydroxylation sites is 1. The molecule has 0 N–H and O–H groups in total. The van der Waals surface area contributed by atoms with Crippen LogP contribution in [0.5, 0.6) is 0 Å². The van der Waals surface area contributed by atoms with Crippen molar-refractivity contribution in [1.82, 2.24) is 14.5 Å². The largest absolute Gasteiger partial charge is 0.308 e. The van der Waals surface area contributed by atoms with E-state index in [0.29, 0.717) is 17.1 Å². The van der Waals surface area contributed by atoms with Gasteiger partial charge in [0.25, 0.3) is 0 Å². The Bertz CT molecular complexity index is 3300. The third-order valence-corrected chi connectivity index (χ3v) is 11.7. The first kappa shape index (κ1) is 37.9. The topological polar surface area (TPSA) is 58.9 Å². The van der Waals surface area contributed by atoms with E-state index in [4.69, 9.17) is 16.5 Å². The molecule has 5 heteroatoms. The Labute approximate surface area is 361 Å². The zero-order chi connectivity index (χ0) is 42.3. The van der Waals surface area contributed by atoms with Crippen molar-refractivity contribution in [3.05, 3.63) is 216 Å². The van der Waals surface area contributed by atoms with Gasteiger partial charge < -0.3 is 4.57 Å². The molecule has 0 aliphatic heterocycles. The van der Waals surface area contributed by atoms with Crippen molar-refractivity contribution in [2.24, 2.45) is 0 Å². The third-order valence-electron chi connectivity index (χ3n) is 11.7. The molecule has 8 aromatic carbocycles. The fourth-order valence-electron chi connectivity index (χ4n) is 9.04. The van der Waals surface area contributed by atoms with Gasteiger partial charge in [-0.25, -0.2) is 14.8 Å². The molecule has 0 spiro atoms. The maximum atomic E-state index is 10.2. The monoisotopic (exact) mass is 793 g/mol. The quantitative estimate of drug-likeness (QED) is 0.151. The summed E-state index contributed by atoms with van der Waals surface area (Å²) in [4.78, 5) is 14.4. The van der Waals surface area contributed by atoms with Crippen molar-refractivity contribution >= 4 is 27.5 Å². The fourth-order valence-corrected chi connectivity index (χ4v) is 9.04. The predicted molar refractivity (Wildman–Crippen MR) is 254 cm³/mol. The van der Waals surface area contributed by atoms with Crippen molar-refractivity contribution in [3.8, 4) is 79.0 Å². The highest BCUT2D eigenvalue weighted by atomic mass is 15.0. The molecule has 5 nitrogen and oxygen atoms in total. The molecule has 2 heterocycles. The lowest BCUT2D eigenvalue weighted by Gasteiger charge is -2.21. The summed E-state index contributed by atoms with van der Waals surface area (Å²) in [6.07, 6.45) is 0. The summed E-state index contributed by atoms with van der Waals surface area (Å²) in [5.41, 5.74) is 18.2. The number of benzene rings is 8. The SMILES string of the molecule is [C-]#[N+]c1cccc(-c2cc(-c3nc(-c4ccccc4)cc(-c4ccccc4)n3)cc(-c3cccc(C#N)c3)c2-n2c3ccccc3c3cc(-c4c(C)cc(C)cc4C)ccc32)c1. The van der Waals surface area contributed by atoms with Crippen LogP contribution in [0.15, 0.2) is 182 Å². The van der Waals surface area contributed by atoms with Gasteiger partial charge in [-0.05, 0) is 109 Å². The second-order valence-corrected chi connectivity index (χ2v) is 15.8. The van der Waals surface area contributed by atoms with E-state index in [1.54, 1.807) is 0 Å². The van der Waals surface area contributed by atoms with E-state index in [9.17, 15) is 5.26 Å². The fraction of sp³-hybridized carbons (Fsp3) is 0.0526. The van der Waals surface area contributed by atoms with Gasteiger partial charge in [-0.1, -0.05) is 133 Å². The highest BCUT2D eigenvalue weighted by Gasteiger charge is 2.24. The van der Waals surface area contributed by atoms with Crippen LogP contribution in [0.2, 0.25) is 0 Å². The van der Waals surface area contributed by atoms with Gasteiger partial charge in [0.05, 0.1) is 46.3 Å². The Morgan fingerprint density at radius 3 is 1.73 bits per heavy atom. The van der Waals surface area contributed by atoms with Crippen molar-refractivity contribution in [2.45, 2.75) is 20.8 Å². The molecular formula is C57H39N5. The average molecular weight is 794 g/mol. The molecule has 0 saturated heterocycles. The van der Waals surface area contributed by atoms with Crippen molar-refractivity contribution in [3.63, 3.8) is 0 Å². The number of hydrogen-bond acceptors (Lipinski definition) is 3. The summed E-state index contributed by atoms with van der Waals surface area (Å²) in [5.74, 6) is 0.563. The molecule has 62 heavy (non-hydrogen) atoms. The lowest BCUT2D eigenvalue weighted by atomic mass is 9.91. The zero-order valence-electron chi connectivity index (χ0n) is 34.6. The highest BCUT2D eigenvalue weighted by Crippen LogP contribution is 2.45. The number of nitriles is 1. The highest BCUT2D eigenvalue weighted by molar-refractivity contribution is 6.12. The second kappa shape index (κ2) is 15.7. The lowest BCUT2D eigenvalue weighted by molar-refractivity contribution is 1.17. The van der Waals surface area contributed by atoms with E-state index >= 15 is 0 Å². The van der Waals surface area contributed by atoms with E-state index in [1.807, 2.05) is 78.9 Å². The standard InChI is InChI=1S/C57H39N5/c1-36-27-37(2)55(38(3)28-36)44-25-26-54-50(31-44)47-23-11-12-24-53(47)62(54)56-48(42-20-13-15-39(29-42)35-58)32-45(33-49(56)43-21-14-22-46(30-43)59-4)57-60-51(40-16-7-5-8-17-40)34-52(61-57)41-18-9-6-10-19-41/h5-34H,1-3H3. The van der Waals surface area contributed by atoms with Crippen molar-refractivity contribution < 1.29 is 0 Å². The third kappa shape index (κ3) is 6.79. The van der Waals surface area contributed by atoms with Crippen LogP contribution < -0.4 is 0 Å². The van der Waals surface area contributed by atoms with Gasteiger partial charge in [0.15, 0.2) is 11.5 Å². The summed E-state index contributed by atoms with van der Waals surface area (Å²) >= 11 is 0. The predicted octanol–water partition coefficient (Wildman–Crippen LogP) is 14.9. The average Bonchev–Trinajstić information content (AvgIpc) is 3.64. The summed E-state index contributed by atoms with van der Waals surface area (Å²) in [7, 11) is 0. The first-order chi connectivity index (χ1) is 30.4. The maximum absolute atomic E-state index is 10.2. The van der Waals surface area contributed by atoms with Crippen LogP contribution in [-0.4, -0.2) is 14.5 Å². The van der Waals surface area contributed by atoms with Crippen LogP contribution in [-0.2, 0) is 0 Å². The molecule has 0 aliphatic carbocycles. The Morgan fingerprint density at radius 2 is 1.08 bits per heavy atom. The number of fused-ring (bicyclic) bond motifs is 3. The van der Waals surface area contributed by atoms with Gasteiger partial charge in [-0.3, -0.25) is 0 Å². The Kier molecular flexibility index (Phi) is 9.56. The van der Waals surface area contributed by atoms with Gasteiger partial charge in [-0.15, -0.1) is 0 Å². The smallest absolute Gasteiger partial charge is 0.187 e. The minimum atomic E-state index is 0.538. The normalized spacial score (nSPS) is 11.1. The van der Waals surface area contributed by atoms with Gasteiger partial charge in [0.2, 0.25) is 0 Å². The maximum Gasteiger partial charge on any atom is 0.187 e. The molecule has 292 valence electrons. The molecule has 0 unspecified atom stereocenters. The summed E-state index contributed by atoms with van der Waals surface area (Å²) < 4.78 is 2.36. The van der Waals surface area contributed by atoms with E-state index in [-0.39, 0.29) is 0 Å². The molecule has 0 saturated carbocycles. The number of nitrogens with zero attached hydrogens (tertiary/aromatic N) is 5. The van der Waals surface area contributed by atoms with E-state index in [1.165, 1.54) is 27.8 Å². The van der Waals surface area contributed by atoms with E-state index in [0.717, 1.165) is 77.8 Å². The second-order valence-electron chi connectivity index (χ2n) is 15.8. The Morgan fingerprint density at radius 1 is 0.500 bits per heavy atom. The molecule has 0 bridgehead atoms. The molecule has 0 atom stereocenters. The number of hydrogen-bond donors (Lipinski definition) is 0. The van der Waals surface area contributed by atoms with E-state index in [2.05, 4.69) is 139 Å². The van der Waals surface area contributed by atoms with E-state index < -0.39 is 0 Å². The lowest BCUT2D eigenvalue weighted by Crippen LogP contribution is -2.03. The van der Waals surface area contributed by atoms with Crippen molar-refractivity contribution in [1.29, 1.82) is 5.26 Å². The number of rotatable bonds is 7. The van der Waals surface area contributed by atoms with Crippen LogP contribution in [0.3, 0.4) is 0 Å². The molecule has 10 rings (SSSR count). The van der Waals surface area contributed by atoms with Crippen LogP contribution in [0, 0.1) is 38.7 Å². The zero-order valence-corrected chi connectivity index (χ0v) is 34.6. The summed E-state index contributed by atoms with van der Waals surface area (Å²) in [6.45, 7) is 14.6. The van der Waals surface area contributed by atoms with Gasteiger partial charge >= 0.3 is 0 Å². The summed E-state index contributed by atoms with van der Waals surface area (Å²) in [5, 5.41) is 12.5. The first-order valence-corrected chi connectivity index (χ1v) is 20.7.